The van der Waals surface area contributed by atoms with Crippen LogP contribution < -0.4 is 10.6 Å². The number of carboxylic acid groups (broad SMARTS) is 1. The monoisotopic (exact) mass is 249 g/mol. The van der Waals surface area contributed by atoms with Crippen LogP contribution in [0.15, 0.2) is 18.3 Å². The van der Waals surface area contributed by atoms with Crippen molar-refractivity contribution in [1.82, 2.24) is 10.3 Å². The fraction of sp³-hybridized carbons (Fsp3) is 0.273. The Labute approximate surface area is 102 Å². The standard InChI is InChI=1S/C11H11N3O4/c15-9-4-2-7(13-9)10(16)14-8-3-1-6(5-12-8)11(17)18/h1,3,5,7H,2,4H2,(H,13,15)(H,17,18)(H,12,14,16)/t7-/m0/s1. The first-order valence-electron chi connectivity index (χ1n) is 5.36. The molecule has 1 fully saturated rings. The molecule has 3 N–H and O–H groups in total. The molecule has 1 aliphatic heterocycles. The van der Waals surface area contributed by atoms with Crippen LogP contribution in [0.5, 0.6) is 0 Å². The molecule has 0 radical (unpaired) electrons. The number of aromatic nitrogens is 1. The molecule has 0 saturated carbocycles. The first-order chi connectivity index (χ1) is 8.56. The van der Waals surface area contributed by atoms with Crippen LogP contribution in [-0.2, 0) is 9.59 Å². The number of hydrogen-bond donors (Lipinski definition) is 3. The van der Waals surface area contributed by atoms with E-state index in [2.05, 4.69) is 15.6 Å². The topological polar surface area (TPSA) is 108 Å². The molecule has 7 heteroatoms. The lowest BCUT2D eigenvalue weighted by Crippen LogP contribution is -2.37. The average molecular weight is 249 g/mol. The molecule has 2 rings (SSSR count). The minimum absolute atomic E-state index is 0.0437. The van der Waals surface area contributed by atoms with E-state index >= 15 is 0 Å². The number of amides is 2. The Bertz CT molecular complexity index is 498. The van der Waals surface area contributed by atoms with E-state index in [1.54, 1.807) is 0 Å². The first-order valence-corrected chi connectivity index (χ1v) is 5.36. The van der Waals surface area contributed by atoms with Crippen molar-refractivity contribution in [2.45, 2.75) is 18.9 Å². The third-order valence-corrected chi connectivity index (χ3v) is 2.57. The molecule has 0 aliphatic carbocycles. The van der Waals surface area contributed by atoms with Crippen molar-refractivity contribution in [3.05, 3.63) is 23.9 Å². The predicted octanol–water partition coefficient (Wildman–Crippen LogP) is -0.00310. The van der Waals surface area contributed by atoms with Gasteiger partial charge in [-0.3, -0.25) is 9.59 Å². The number of hydrogen-bond acceptors (Lipinski definition) is 4. The summed E-state index contributed by atoms with van der Waals surface area (Å²) in [6.45, 7) is 0. The minimum Gasteiger partial charge on any atom is -0.478 e. The molecule has 7 nitrogen and oxygen atoms in total. The molecule has 1 saturated heterocycles. The Hall–Kier alpha value is -2.44. The second-order valence-corrected chi connectivity index (χ2v) is 3.89. The van der Waals surface area contributed by atoms with Gasteiger partial charge in [0.05, 0.1) is 5.56 Å². The number of carboxylic acids is 1. The maximum atomic E-state index is 11.7. The molecule has 1 aliphatic rings. The zero-order chi connectivity index (χ0) is 13.1. The van der Waals surface area contributed by atoms with Crippen molar-refractivity contribution >= 4 is 23.6 Å². The Morgan fingerprint density at radius 3 is 2.72 bits per heavy atom. The summed E-state index contributed by atoms with van der Waals surface area (Å²) in [6.07, 6.45) is 1.95. The SMILES string of the molecule is O=C1CC[C@@H](C(=O)Nc2ccc(C(=O)O)cn2)N1. The van der Waals surface area contributed by atoms with Gasteiger partial charge in [-0.25, -0.2) is 9.78 Å². The summed E-state index contributed by atoms with van der Waals surface area (Å²) in [5, 5.41) is 13.7. The molecule has 94 valence electrons. The van der Waals surface area contributed by atoms with Crippen LogP contribution >= 0.6 is 0 Å². The smallest absolute Gasteiger partial charge is 0.337 e. The van der Waals surface area contributed by atoms with Crippen LogP contribution in [0.25, 0.3) is 0 Å². The molecule has 0 spiro atoms. The average Bonchev–Trinajstić information content (AvgIpc) is 2.76. The van der Waals surface area contributed by atoms with Gasteiger partial charge in [0.1, 0.15) is 11.9 Å². The summed E-state index contributed by atoms with van der Waals surface area (Å²) < 4.78 is 0. The zero-order valence-corrected chi connectivity index (χ0v) is 9.34. The van der Waals surface area contributed by atoms with E-state index < -0.39 is 12.0 Å². The Morgan fingerprint density at radius 2 is 2.22 bits per heavy atom. The van der Waals surface area contributed by atoms with Crippen LogP contribution in [0.1, 0.15) is 23.2 Å². The highest BCUT2D eigenvalue weighted by Crippen LogP contribution is 2.10. The fourth-order valence-electron chi connectivity index (χ4n) is 1.62. The minimum atomic E-state index is -1.08. The summed E-state index contributed by atoms with van der Waals surface area (Å²) in [7, 11) is 0. The summed E-state index contributed by atoms with van der Waals surface area (Å²) in [5.74, 6) is -1.32. The largest absolute Gasteiger partial charge is 0.478 e. The molecule has 1 aromatic rings. The normalized spacial score (nSPS) is 18.2. The van der Waals surface area contributed by atoms with Gasteiger partial charge >= 0.3 is 5.97 Å². The van der Waals surface area contributed by atoms with Gasteiger partial charge in [-0.2, -0.15) is 0 Å². The van der Waals surface area contributed by atoms with Gasteiger partial charge in [-0.1, -0.05) is 0 Å². The van der Waals surface area contributed by atoms with E-state index in [0.29, 0.717) is 12.8 Å². The molecular formula is C11H11N3O4. The van der Waals surface area contributed by atoms with Gasteiger partial charge in [-0.15, -0.1) is 0 Å². The molecule has 1 aromatic heterocycles. The summed E-state index contributed by atoms with van der Waals surface area (Å²) >= 11 is 0. The third-order valence-electron chi connectivity index (χ3n) is 2.57. The lowest BCUT2D eigenvalue weighted by molar-refractivity contribution is -0.122. The van der Waals surface area contributed by atoms with Crippen molar-refractivity contribution in [2.75, 3.05) is 5.32 Å². The van der Waals surface area contributed by atoms with Gasteiger partial charge in [0, 0.05) is 12.6 Å². The second-order valence-electron chi connectivity index (χ2n) is 3.89. The molecule has 1 atom stereocenters. The van der Waals surface area contributed by atoms with Crippen molar-refractivity contribution in [2.24, 2.45) is 0 Å². The number of pyridine rings is 1. The van der Waals surface area contributed by atoms with E-state index in [0.717, 1.165) is 6.20 Å². The Balaban J connectivity index is 1.99. The van der Waals surface area contributed by atoms with E-state index in [-0.39, 0.29) is 23.2 Å². The highest BCUT2D eigenvalue weighted by Gasteiger charge is 2.27. The van der Waals surface area contributed by atoms with Crippen LogP contribution in [0, 0.1) is 0 Å². The molecule has 18 heavy (non-hydrogen) atoms. The highest BCUT2D eigenvalue weighted by molar-refractivity contribution is 5.98. The van der Waals surface area contributed by atoms with Crippen LogP contribution in [0.4, 0.5) is 5.82 Å². The van der Waals surface area contributed by atoms with Crippen molar-refractivity contribution in [3.63, 3.8) is 0 Å². The maximum Gasteiger partial charge on any atom is 0.337 e. The molecule has 2 heterocycles. The highest BCUT2D eigenvalue weighted by atomic mass is 16.4. The van der Waals surface area contributed by atoms with Gasteiger partial charge in [0.25, 0.3) is 0 Å². The molecule has 2 amide bonds. The third kappa shape index (κ3) is 2.62. The molecule has 0 unspecified atom stereocenters. The van der Waals surface area contributed by atoms with E-state index in [4.69, 9.17) is 5.11 Å². The van der Waals surface area contributed by atoms with Crippen LogP contribution in [-0.4, -0.2) is 33.9 Å². The van der Waals surface area contributed by atoms with Gasteiger partial charge < -0.3 is 15.7 Å². The summed E-state index contributed by atoms with van der Waals surface area (Å²) in [4.78, 5) is 37.1. The number of carbonyl (C=O) groups excluding carboxylic acids is 2. The van der Waals surface area contributed by atoms with Gasteiger partial charge in [-0.05, 0) is 18.6 Å². The van der Waals surface area contributed by atoms with Gasteiger partial charge in [0.2, 0.25) is 11.8 Å². The predicted molar refractivity (Wildman–Crippen MR) is 61.0 cm³/mol. The lowest BCUT2D eigenvalue weighted by atomic mass is 10.2. The number of aromatic carboxylic acids is 1. The van der Waals surface area contributed by atoms with Crippen molar-refractivity contribution < 1.29 is 19.5 Å². The fourth-order valence-corrected chi connectivity index (χ4v) is 1.62. The summed E-state index contributed by atoms with van der Waals surface area (Å²) in [6, 6.07) is 2.20. The molecule has 0 aromatic carbocycles. The number of carbonyl (C=O) groups is 3. The Kier molecular flexibility index (Phi) is 3.22. The van der Waals surface area contributed by atoms with E-state index in [1.165, 1.54) is 12.1 Å². The van der Waals surface area contributed by atoms with Gasteiger partial charge in [0.15, 0.2) is 0 Å². The summed E-state index contributed by atoms with van der Waals surface area (Å²) in [5.41, 5.74) is 0.0437. The number of rotatable bonds is 3. The quantitative estimate of drug-likeness (QED) is 0.698. The van der Waals surface area contributed by atoms with Crippen LogP contribution in [0.3, 0.4) is 0 Å². The maximum absolute atomic E-state index is 11.7. The van der Waals surface area contributed by atoms with Crippen molar-refractivity contribution in [1.29, 1.82) is 0 Å². The first kappa shape index (κ1) is 12.0. The number of anilines is 1. The van der Waals surface area contributed by atoms with Crippen LogP contribution in [0.2, 0.25) is 0 Å². The number of nitrogens with one attached hydrogen (secondary N) is 2. The second kappa shape index (κ2) is 4.82. The van der Waals surface area contributed by atoms with E-state index in [9.17, 15) is 14.4 Å². The van der Waals surface area contributed by atoms with Crippen molar-refractivity contribution in [3.8, 4) is 0 Å². The molecular weight excluding hydrogens is 238 g/mol. The zero-order valence-electron chi connectivity index (χ0n) is 9.34. The van der Waals surface area contributed by atoms with E-state index in [1.807, 2.05) is 0 Å². The Morgan fingerprint density at radius 1 is 1.44 bits per heavy atom. The molecule has 0 bridgehead atoms. The lowest BCUT2D eigenvalue weighted by Gasteiger charge is -2.10. The number of nitrogens with zero attached hydrogens (tertiary/aromatic N) is 1.